The highest BCUT2D eigenvalue weighted by molar-refractivity contribution is 6.39. The van der Waals surface area contributed by atoms with Crippen molar-refractivity contribution in [2.45, 2.75) is 39.5 Å². The van der Waals surface area contributed by atoms with Gasteiger partial charge in [0, 0.05) is 12.2 Å². The number of carbonyl (C=O) groups is 2. The SMILES string of the molecule is CCc1cccc(CC)c1NC(=O)C(=O)NCCCc1ccccc1. The van der Waals surface area contributed by atoms with Crippen LogP contribution in [0, 0.1) is 0 Å². The van der Waals surface area contributed by atoms with Crippen molar-refractivity contribution in [1.82, 2.24) is 5.32 Å². The fourth-order valence-electron chi connectivity index (χ4n) is 2.79. The first-order chi connectivity index (χ1) is 12.2. The van der Waals surface area contributed by atoms with Gasteiger partial charge in [0.2, 0.25) is 0 Å². The molecule has 0 unspecified atom stereocenters. The number of rotatable bonds is 7. The molecule has 2 amide bonds. The maximum absolute atomic E-state index is 12.2. The van der Waals surface area contributed by atoms with Gasteiger partial charge in [0.1, 0.15) is 0 Å². The standard InChI is InChI=1S/C21H26N2O2/c1-3-17-13-8-14-18(4-2)19(17)23-21(25)20(24)22-15-9-12-16-10-6-5-7-11-16/h5-8,10-11,13-14H,3-4,9,12,15H2,1-2H3,(H,22,24)(H,23,25). The van der Waals surface area contributed by atoms with Crippen LogP contribution in [0.5, 0.6) is 0 Å². The number of hydrogen-bond donors (Lipinski definition) is 2. The van der Waals surface area contributed by atoms with E-state index in [1.54, 1.807) is 0 Å². The van der Waals surface area contributed by atoms with E-state index in [4.69, 9.17) is 0 Å². The average molecular weight is 338 g/mol. The lowest BCUT2D eigenvalue weighted by molar-refractivity contribution is -0.136. The summed E-state index contributed by atoms with van der Waals surface area (Å²) in [7, 11) is 0. The molecule has 0 radical (unpaired) electrons. The van der Waals surface area contributed by atoms with Gasteiger partial charge in [0.15, 0.2) is 0 Å². The molecular weight excluding hydrogens is 312 g/mol. The largest absolute Gasteiger partial charge is 0.348 e. The molecule has 0 spiro atoms. The van der Waals surface area contributed by atoms with Crippen molar-refractivity contribution in [1.29, 1.82) is 0 Å². The molecule has 0 aliphatic heterocycles. The first-order valence-corrected chi connectivity index (χ1v) is 8.89. The predicted octanol–water partition coefficient (Wildman–Crippen LogP) is 3.50. The van der Waals surface area contributed by atoms with E-state index >= 15 is 0 Å². The molecule has 0 aliphatic carbocycles. The highest BCUT2D eigenvalue weighted by Crippen LogP contribution is 2.22. The fraction of sp³-hybridized carbons (Fsp3) is 0.333. The summed E-state index contributed by atoms with van der Waals surface area (Å²) in [6, 6.07) is 16.0. The third-order valence-corrected chi connectivity index (χ3v) is 4.21. The van der Waals surface area contributed by atoms with E-state index in [1.807, 2.05) is 50.2 Å². The van der Waals surface area contributed by atoms with E-state index in [0.717, 1.165) is 42.5 Å². The monoisotopic (exact) mass is 338 g/mol. The van der Waals surface area contributed by atoms with Crippen molar-refractivity contribution in [2.24, 2.45) is 0 Å². The summed E-state index contributed by atoms with van der Waals surface area (Å²) >= 11 is 0. The second kappa shape index (κ2) is 9.62. The van der Waals surface area contributed by atoms with Crippen molar-refractivity contribution in [2.75, 3.05) is 11.9 Å². The lowest BCUT2D eigenvalue weighted by Crippen LogP contribution is -2.36. The van der Waals surface area contributed by atoms with E-state index in [0.29, 0.717) is 6.54 Å². The first-order valence-electron chi connectivity index (χ1n) is 8.89. The number of nitrogens with one attached hydrogen (secondary N) is 2. The number of carbonyl (C=O) groups excluding carboxylic acids is 2. The Morgan fingerprint density at radius 1 is 0.840 bits per heavy atom. The number of benzene rings is 2. The number of anilines is 1. The third kappa shape index (κ3) is 5.45. The first kappa shape index (κ1) is 18.7. The lowest BCUT2D eigenvalue weighted by Gasteiger charge is -2.14. The van der Waals surface area contributed by atoms with E-state index in [-0.39, 0.29) is 0 Å². The molecule has 2 aromatic carbocycles. The van der Waals surface area contributed by atoms with Gasteiger partial charge in [-0.3, -0.25) is 9.59 Å². The third-order valence-electron chi connectivity index (χ3n) is 4.21. The zero-order valence-electron chi connectivity index (χ0n) is 15.0. The average Bonchev–Trinajstić information content (AvgIpc) is 2.65. The summed E-state index contributed by atoms with van der Waals surface area (Å²) in [6.45, 7) is 4.55. The van der Waals surface area contributed by atoms with Gasteiger partial charge in [-0.15, -0.1) is 0 Å². The summed E-state index contributed by atoms with van der Waals surface area (Å²) in [5, 5.41) is 5.49. The molecule has 0 heterocycles. The summed E-state index contributed by atoms with van der Waals surface area (Å²) in [4.78, 5) is 24.2. The predicted molar refractivity (Wildman–Crippen MR) is 102 cm³/mol. The Morgan fingerprint density at radius 2 is 1.48 bits per heavy atom. The van der Waals surface area contributed by atoms with Gasteiger partial charge in [-0.2, -0.15) is 0 Å². The van der Waals surface area contributed by atoms with E-state index in [9.17, 15) is 9.59 Å². The van der Waals surface area contributed by atoms with Crippen LogP contribution in [0.1, 0.15) is 37.0 Å². The minimum Gasteiger partial charge on any atom is -0.348 e. The highest BCUT2D eigenvalue weighted by atomic mass is 16.2. The molecule has 2 N–H and O–H groups in total. The Hall–Kier alpha value is -2.62. The summed E-state index contributed by atoms with van der Waals surface area (Å²) in [6.07, 6.45) is 3.29. The fourth-order valence-corrected chi connectivity index (χ4v) is 2.79. The molecule has 25 heavy (non-hydrogen) atoms. The maximum Gasteiger partial charge on any atom is 0.313 e. The minimum atomic E-state index is -0.602. The Bertz CT molecular complexity index is 689. The molecule has 0 atom stereocenters. The molecule has 0 bridgehead atoms. The highest BCUT2D eigenvalue weighted by Gasteiger charge is 2.16. The van der Waals surface area contributed by atoms with Gasteiger partial charge in [-0.05, 0) is 42.4 Å². The van der Waals surface area contributed by atoms with Gasteiger partial charge >= 0.3 is 11.8 Å². The quantitative estimate of drug-likeness (QED) is 0.600. The Balaban J connectivity index is 1.85. The van der Waals surface area contributed by atoms with Gasteiger partial charge in [0.05, 0.1) is 0 Å². The van der Waals surface area contributed by atoms with Crippen LogP contribution >= 0.6 is 0 Å². The molecule has 2 rings (SSSR count). The van der Waals surface area contributed by atoms with Crippen LogP contribution in [-0.4, -0.2) is 18.4 Å². The topological polar surface area (TPSA) is 58.2 Å². The van der Waals surface area contributed by atoms with E-state index < -0.39 is 11.8 Å². The van der Waals surface area contributed by atoms with E-state index in [1.165, 1.54) is 5.56 Å². The van der Waals surface area contributed by atoms with Crippen LogP contribution < -0.4 is 10.6 Å². The molecule has 0 saturated carbocycles. The number of hydrogen-bond acceptors (Lipinski definition) is 2. The molecule has 2 aromatic rings. The summed E-state index contributed by atoms with van der Waals surface area (Å²) < 4.78 is 0. The molecule has 4 heteroatoms. The smallest absolute Gasteiger partial charge is 0.313 e. The summed E-state index contributed by atoms with van der Waals surface area (Å²) in [5.74, 6) is -1.18. The van der Waals surface area contributed by atoms with E-state index in [2.05, 4.69) is 22.8 Å². The van der Waals surface area contributed by atoms with Crippen molar-refractivity contribution in [3.63, 3.8) is 0 Å². The minimum absolute atomic E-state index is 0.483. The van der Waals surface area contributed by atoms with Crippen LogP contribution in [0.2, 0.25) is 0 Å². The zero-order valence-corrected chi connectivity index (χ0v) is 15.0. The molecular formula is C21H26N2O2. The second-order valence-electron chi connectivity index (χ2n) is 5.96. The Labute approximate surface area is 149 Å². The van der Waals surface area contributed by atoms with Crippen LogP contribution in [0.25, 0.3) is 0 Å². The van der Waals surface area contributed by atoms with Crippen LogP contribution in [-0.2, 0) is 28.9 Å². The van der Waals surface area contributed by atoms with Crippen LogP contribution in [0.3, 0.4) is 0 Å². The molecule has 0 saturated heterocycles. The molecule has 0 aromatic heterocycles. The van der Waals surface area contributed by atoms with Crippen LogP contribution in [0.4, 0.5) is 5.69 Å². The second-order valence-corrected chi connectivity index (χ2v) is 5.96. The number of para-hydroxylation sites is 1. The van der Waals surface area contributed by atoms with Crippen molar-refractivity contribution in [3.8, 4) is 0 Å². The van der Waals surface area contributed by atoms with Crippen molar-refractivity contribution < 1.29 is 9.59 Å². The van der Waals surface area contributed by atoms with Crippen molar-refractivity contribution >= 4 is 17.5 Å². The Kier molecular flexibility index (Phi) is 7.20. The normalized spacial score (nSPS) is 10.3. The molecule has 4 nitrogen and oxygen atoms in total. The van der Waals surface area contributed by atoms with Crippen LogP contribution in [0.15, 0.2) is 48.5 Å². The number of aryl methyl sites for hydroxylation is 3. The lowest BCUT2D eigenvalue weighted by atomic mass is 10.0. The maximum atomic E-state index is 12.2. The van der Waals surface area contributed by atoms with Gasteiger partial charge in [-0.1, -0.05) is 62.4 Å². The molecule has 0 aliphatic rings. The summed E-state index contributed by atoms with van der Waals surface area (Å²) in [5.41, 5.74) is 4.09. The number of amides is 2. The molecule has 0 fully saturated rings. The van der Waals surface area contributed by atoms with Crippen molar-refractivity contribution in [3.05, 3.63) is 65.2 Å². The Morgan fingerprint density at radius 3 is 2.08 bits per heavy atom. The molecule has 132 valence electrons. The zero-order chi connectivity index (χ0) is 18.1. The van der Waals surface area contributed by atoms with Gasteiger partial charge < -0.3 is 10.6 Å². The van der Waals surface area contributed by atoms with Gasteiger partial charge in [0.25, 0.3) is 0 Å². The van der Waals surface area contributed by atoms with Gasteiger partial charge in [-0.25, -0.2) is 0 Å².